The van der Waals surface area contributed by atoms with Gasteiger partial charge in [0.2, 0.25) is 0 Å². The molecule has 0 bridgehead atoms. The number of allylic oxidation sites excluding steroid dienone is 1. The van der Waals surface area contributed by atoms with E-state index in [-0.39, 0.29) is 6.61 Å². The number of hydrogen-bond acceptors (Lipinski definition) is 4. The zero-order valence-corrected chi connectivity index (χ0v) is 14.1. The molecule has 0 aliphatic rings. The van der Waals surface area contributed by atoms with E-state index < -0.39 is 12.1 Å². The summed E-state index contributed by atoms with van der Waals surface area (Å²) in [6.45, 7) is 0.148. The molecule has 4 nitrogen and oxygen atoms in total. The summed E-state index contributed by atoms with van der Waals surface area (Å²) in [6, 6.07) is -0.570. The van der Waals surface area contributed by atoms with Crippen LogP contribution < -0.4 is 5.73 Å². The third kappa shape index (κ3) is 14.5. The fourth-order valence-corrected chi connectivity index (χ4v) is 2.45. The van der Waals surface area contributed by atoms with Gasteiger partial charge in [0.05, 0.1) is 18.8 Å². The summed E-state index contributed by atoms with van der Waals surface area (Å²) in [7, 11) is 0. The number of nitrogens with two attached hydrogens (primary N) is 1. The maximum Gasteiger partial charge on any atom is 0.0894 e. The molecule has 0 rings (SSSR count). The Balaban J connectivity index is 3.19. The van der Waals surface area contributed by atoms with Crippen LogP contribution in [0.25, 0.3) is 0 Å². The molecule has 0 radical (unpaired) electrons. The molecule has 0 aliphatic carbocycles. The van der Waals surface area contributed by atoms with Crippen LogP contribution in [0.3, 0.4) is 0 Å². The quantitative estimate of drug-likeness (QED) is 0.260. The highest BCUT2D eigenvalue weighted by Gasteiger charge is 2.08. The van der Waals surface area contributed by atoms with E-state index in [0.717, 1.165) is 19.3 Å². The highest BCUT2D eigenvalue weighted by atomic mass is 16.3. The first-order chi connectivity index (χ1) is 10.7. The van der Waals surface area contributed by atoms with Gasteiger partial charge in [-0.15, -0.1) is 0 Å². The minimum Gasteiger partial charge on any atom is -0.396 e. The number of rotatable bonds is 16. The van der Waals surface area contributed by atoms with E-state index in [9.17, 15) is 5.11 Å². The predicted octanol–water partition coefficient (Wildman–Crippen LogP) is 2.90. The molecule has 2 atom stereocenters. The van der Waals surface area contributed by atoms with E-state index in [1.54, 1.807) is 6.08 Å². The lowest BCUT2D eigenvalue weighted by atomic mass is 10.0. The van der Waals surface area contributed by atoms with Crippen LogP contribution in [-0.2, 0) is 0 Å². The SMILES string of the molecule is N[C@@H](CO)[C@H](O)/C=C/CCCCCCCCCCCCCO. The second-order valence-corrected chi connectivity index (χ2v) is 6.17. The molecular weight excluding hydrogens is 278 g/mol. The van der Waals surface area contributed by atoms with Crippen LogP contribution in [0.1, 0.15) is 77.0 Å². The molecule has 0 aromatic carbocycles. The van der Waals surface area contributed by atoms with Gasteiger partial charge in [-0.3, -0.25) is 0 Å². The van der Waals surface area contributed by atoms with Crippen LogP contribution in [0.2, 0.25) is 0 Å². The van der Waals surface area contributed by atoms with Crippen molar-refractivity contribution in [3.8, 4) is 0 Å². The van der Waals surface area contributed by atoms with Gasteiger partial charge in [-0.1, -0.05) is 69.9 Å². The molecule has 0 saturated carbocycles. The normalized spacial score (nSPS) is 14.5. The topological polar surface area (TPSA) is 86.7 Å². The fourth-order valence-electron chi connectivity index (χ4n) is 2.45. The summed E-state index contributed by atoms with van der Waals surface area (Å²) in [5.74, 6) is 0. The first-order valence-corrected chi connectivity index (χ1v) is 9.04. The van der Waals surface area contributed by atoms with Gasteiger partial charge in [0.15, 0.2) is 0 Å². The molecule has 22 heavy (non-hydrogen) atoms. The Labute approximate surface area is 136 Å². The van der Waals surface area contributed by atoms with Crippen molar-refractivity contribution in [3.05, 3.63) is 12.2 Å². The van der Waals surface area contributed by atoms with Crippen LogP contribution in [0.4, 0.5) is 0 Å². The minimum atomic E-state index is -0.734. The van der Waals surface area contributed by atoms with Gasteiger partial charge in [0.25, 0.3) is 0 Å². The average molecular weight is 315 g/mol. The molecule has 0 aromatic rings. The zero-order valence-electron chi connectivity index (χ0n) is 14.1. The highest BCUT2D eigenvalue weighted by molar-refractivity contribution is 4.93. The molecule has 0 saturated heterocycles. The Morgan fingerprint density at radius 3 is 1.64 bits per heavy atom. The lowest BCUT2D eigenvalue weighted by Gasteiger charge is -2.11. The molecule has 0 amide bonds. The fraction of sp³-hybridized carbons (Fsp3) is 0.889. The Morgan fingerprint density at radius 2 is 1.18 bits per heavy atom. The largest absolute Gasteiger partial charge is 0.396 e. The van der Waals surface area contributed by atoms with Crippen molar-refractivity contribution in [2.75, 3.05) is 13.2 Å². The van der Waals surface area contributed by atoms with E-state index in [4.69, 9.17) is 15.9 Å². The van der Waals surface area contributed by atoms with Gasteiger partial charge >= 0.3 is 0 Å². The molecular formula is C18H37NO3. The van der Waals surface area contributed by atoms with E-state index >= 15 is 0 Å². The van der Waals surface area contributed by atoms with Crippen molar-refractivity contribution < 1.29 is 15.3 Å². The van der Waals surface area contributed by atoms with Crippen molar-refractivity contribution >= 4 is 0 Å². The lowest BCUT2D eigenvalue weighted by molar-refractivity contribution is 0.144. The second-order valence-electron chi connectivity index (χ2n) is 6.17. The van der Waals surface area contributed by atoms with E-state index in [1.807, 2.05) is 6.08 Å². The summed E-state index contributed by atoms with van der Waals surface area (Å²) in [5, 5.41) is 27.0. The van der Waals surface area contributed by atoms with Crippen molar-refractivity contribution in [2.24, 2.45) is 5.73 Å². The van der Waals surface area contributed by atoms with E-state index in [0.29, 0.717) is 6.61 Å². The standard InChI is InChI=1S/C18H37NO3/c19-17(16-21)18(22)14-12-10-8-6-4-2-1-3-5-7-9-11-13-15-20/h12,14,17-18,20-22H,1-11,13,15-16,19H2/b14-12+/t17-,18+/m0/s1. The van der Waals surface area contributed by atoms with Crippen LogP contribution in [0, 0.1) is 0 Å². The molecule has 0 spiro atoms. The predicted molar refractivity (Wildman–Crippen MR) is 92.7 cm³/mol. The molecule has 0 unspecified atom stereocenters. The van der Waals surface area contributed by atoms with Gasteiger partial charge < -0.3 is 21.1 Å². The van der Waals surface area contributed by atoms with E-state index in [1.165, 1.54) is 57.8 Å². The Morgan fingerprint density at radius 1 is 0.727 bits per heavy atom. The summed E-state index contributed by atoms with van der Waals surface area (Å²) in [4.78, 5) is 0. The number of aliphatic hydroxyl groups is 3. The Hall–Kier alpha value is -0.420. The summed E-state index contributed by atoms with van der Waals surface area (Å²) < 4.78 is 0. The van der Waals surface area contributed by atoms with E-state index in [2.05, 4.69) is 0 Å². The Bertz CT molecular complexity index is 246. The summed E-state index contributed by atoms with van der Waals surface area (Å²) in [5.41, 5.74) is 5.51. The molecule has 0 aliphatic heterocycles. The third-order valence-corrected chi connectivity index (χ3v) is 4.01. The van der Waals surface area contributed by atoms with Gasteiger partial charge in [0, 0.05) is 6.61 Å². The summed E-state index contributed by atoms with van der Waals surface area (Å²) in [6.07, 6.45) is 17.6. The van der Waals surface area contributed by atoms with Gasteiger partial charge in [0.1, 0.15) is 0 Å². The monoisotopic (exact) mass is 315 g/mol. The van der Waals surface area contributed by atoms with Gasteiger partial charge in [-0.25, -0.2) is 0 Å². The second kappa shape index (κ2) is 16.9. The number of hydrogen-bond donors (Lipinski definition) is 4. The van der Waals surface area contributed by atoms with Gasteiger partial charge in [-0.05, 0) is 19.3 Å². The highest BCUT2D eigenvalue weighted by Crippen LogP contribution is 2.12. The first kappa shape index (κ1) is 21.6. The number of unbranched alkanes of at least 4 members (excludes halogenated alkanes) is 11. The summed E-state index contributed by atoms with van der Waals surface area (Å²) >= 11 is 0. The van der Waals surface area contributed by atoms with Crippen LogP contribution >= 0.6 is 0 Å². The smallest absolute Gasteiger partial charge is 0.0894 e. The van der Waals surface area contributed by atoms with Crippen LogP contribution in [0.15, 0.2) is 12.2 Å². The molecule has 0 heterocycles. The van der Waals surface area contributed by atoms with Gasteiger partial charge in [-0.2, -0.15) is 0 Å². The third-order valence-electron chi connectivity index (χ3n) is 4.01. The van der Waals surface area contributed by atoms with Crippen molar-refractivity contribution in [3.63, 3.8) is 0 Å². The number of aliphatic hydroxyl groups excluding tert-OH is 3. The maximum atomic E-state index is 9.52. The van der Waals surface area contributed by atoms with Crippen molar-refractivity contribution in [1.82, 2.24) is 0 Å². The molecule has 4 heteroatoms. The molecule has 5 N–H and O–H groups in total. The van der Waals surface area contributed by atoms with Crippen molar-refractivity contribution in [2.45, 2.75) is 89.2 Å². The van der Waals surface area contributed by atoms with Crippen molar-refractivity contribution in [1.29, 1.82) is 0 Å². The molecule has 0 fully saturated rings. The maximum absolute atomic E-state index is 9.52. The molecule has 0 aromatic heterocycles. The first-order valence-electron chi connectivity index (χ1n) is 9.04. The van der Waals surface area contributed by atoms with Crippen LogP contribution in [-0.4, -0.2) is 40.7 Å². The zero-order chi connectivity index (χ0) is 16.5. The minimum absolute atomic E-state index is 0.188. The Kier molecular flexibility index (Phi) is 16.6. The molecule has 132 valence electrons. The average Bonchev–Trinajstić information content (AvgIpc) is 2.54. The lowest BCUT2D eigenvalue weighted by Crippen LogP contribution is -2.36. The van der Waals surface area contributed by atoms with Crippen LogP contribution in [0.5, 0.6) is 0 Å².